The van der Waals surface area contributed by atoms with Crippen LogP contribution in [0.4, 0.5) is 0 Å². The zero-order valence-electron chi connectivity index (χ0n) is 17.9. The number of hydrogen-bond acceptors (Lipinski definition) is 6. The average molecular weight is 458 g/mol. The molecule has 2 aromatic carbocycles. The maximum Gasteiger partial charge on any atom is 0.295 e. The second kappa shape index (κ2) is 9.12. The first-order valence-electron chi connectivity index (χ1n) is 10.6. The lowest BCUT2D eigenvalue weighted by atomic mass is 9.94. The van der Waals surface area contributed by atoms with E-state index in [-0.39, 0.29) is 21.9 Å². The van der Waals surface area contributed by atoms with Crippen molar-refractivity contribution in [3.8, 4) is 17.2 Å². The van der Waals surface area contributed by atoms with Gasteiger partial charge in [-0.15, -0.1) is 0 Å². The number of Topliss-reactive ketones (excluding diaryl/α,β-unsaturated/α-hetero) is 1. The molecule has 1 atom stereocenters. The summed E-state index contributed by atoms with van der Waals surface area (Å²) in [5.74, 6) is -0.128. The smallest absolute Gasteiger partial charge is 0.295 e. The van der Waals surface area contributed by atoms with Crippen LogP contribution in [-0.2, 0) is 9.59 Å². The number of ether oxygens (including phenoxy) is 3. The number of aliphatic hydroxyl groups excluding tert-OH is 1. The van der Waals surface area contributed by atoms with Crippen molar-refractivity contribution in [2.75, 3.05) is 26.4 Å². The van der Waals surface area contributed by atoms with E-state index in [4.69, 9.17) is 25.8 Å². The van der Waals surface area contributed by atoms with Crippen molar-refractivity contribution in [3.05, 3.63) is 58.1 Å². The summed E-state index contributed by atoms with van der Waals surface area (Å²) in [6.45, 7) is 5.41. The van der Waals surface area contributed by atoms with Crippen LogP contribution >= 0.6 is 11.6 Å². The van der Waals surface area contributed by atoms with Crippen LogP contribution in [-0.4, -0.2) is 48.1 Å². The third-order valence-corrected chi connectivity index (χ3v) is 5.72. The first-order valence-corrected chi connectivity index (χ1v) is 10.9. The molecular formula is C24H24ClNO6. The molecule has 0 saturated carbocycles. The lowest BCUT2D eigenvalue weighted by Crippen LogP contribution is -2.30. The number of hydrogen-bond donors (Lipinski definition) is 1. The number of benzene rings is 2. The van der Waals surface area contributed by atoms with Gasteiger partial charge >= 0.3 is 0 Å². The number of ketones is 1. The summed E-state index contributed by atoms with van der Waals surface area (Å²) in [5, 5.41) is 11.5. The fraction of sp³-hybridized carbons (Fsp3) is 0.333. The molecule has 1 N–H and O–H groups in total. The number of aliphatic hydroxyl groups is 1. The monoisotopic (exact) mass is 457 g/mol. The van der Waals surface area contributed by atoms with Gasteiger partial charge in [0.1, 0.15) is 24.7 Å². The van der Waals surface area contributed by atoms with Crippen molar-refractivity contribution in [2.24, 2.45) is 0 Å². The number of halogens is 1. The van der Waals surface area contributed by atoms with Crippen molar-refractivity contribution >= 4 is 29.1 Å². The zero-order chi connectivity index (χ0) is 22.8. The van der Waals surface area contributed by atoms with Gasteiger partial charge in [0.15, 0.2) is 11.5 Å². The molecule has 1 saturated heterocycles. The Morgan fingerprint density at radius 1 is 1.12 bits per heavy atom. The van der Waals surface area contributed by atoms with Crippen LogP contribution in [0.25, 0.3) is 5.76 Å². The summed E-state index contributed by atoms with van der Waals surface area (Å²) < 4.78 is 16.8. The summed E-state index contributed by atoms with van der Waals surface area (Å²) in [4.78, 5) is 27.4. The number of fused-ring (bicyclic) bond motifs is 1. The summed E-state index contributed by atoms with van der Waals surface area (Å²) >= 11 is 6.34. The molecule has 0 bridgehead atoms. The molecule has 2 aliphatic rings. The molecule has 2 aromatic rings. The van der Waals surface area contributed by atoms with Gasteiger partial charge in [0.2, 0.25) is 0 Å². The van der Waals surface area contributed by atoms with Crippen LogP contribution in [0, 0.1) is 0 Å². The predicted molar refractivity (Wildman–Crippen MR) is 119 cm³/mol. The van der Waals surface area contributed by atoms with Crippen LogP contribution in [0.5, 0.6) is 17.2 Å². The Morgan fingerprint density at radius 2 is 1.88 bits per heavy atom. The minimum Gasteiger partial charge on any atom is -0.507 e. The highest BCUT2D eigenvalue weighted by Gasteiger charge is 2.46. The third-order valence-electron chi connectivity index (χ3n) is 5.39. The van der Waals surface area contributed by atoms with Crippen molar-refractivity contribution in [1.29, 1.82) is 0 Å². The van der Waals surface area contributed by atoms with E-state index in [1.54, 1.807) is 36.4 Å². The van der Waals surface area contributed by atoms with Gasteiger partial charge in [-0.3, -0.25) is 9.59 Å². The van der Waals surface area contributed by atoms with Gasteiger partial charge in [-0.2, -0.15) is 0 Å². The quantitative estimate of drug-likeness (QED) is 0.394. The van der Waals surface area contributed by atoms with Crippen molar-refractivity contribution in [3.63, 3.8) is 0 Å². The van der Waals surface area contributed by atoms with Crippen LogP contribution in [0.1, 0.15) is 37.4 Å². The summed E-state index contributed by atoms with van der Waals surface area (Å²) in [5.41, 5.74) is 0.853. The highest BCUT2D eigenvalue weighted by molar-refractivity contribution is 6.47. The van der Waals surface area contributed by atoms with E-state index in [2.05, 4.69) is 0 Å². The minimum absolute atomic E-state index is 0.0179. The molecule has 4 rings (SSSR count). The molecule has 0 aliphatic carbocycles. The molecule has 8 heteroatoms. The lowest BCUT2D eigenvalue weighted by molar-refractivity contribution is -0.139. The molecular weight excluding hydrogens is 434 g/mol. The second-order valence-corrected chi connectivity index (χ2v) is 7.88. The second-order valence-electron chi connectivity index (χ2n) is 7.47. The van der Waals surface area contributed by atoms with Gasteiger partial charge in [-0.1, -0.05) is 24.6 Å². The largest absolute Gasteiger partial charge is 0.507 e. The van der Waals surface area contributed by atoms with Crippen LogP contribution in [0.2, 0.25) is 5.02 Å². The Kier molecular flexibility index (Phi) is 6.28. The normalized spacial score (nSPS) is 19.3. The molecule has 0 aromatic heterocycles. The molecule has 1 unspecified atom stereocenters. The Bertz CT molecular complexity index is 1100. The Hall–Kier alpha value is -3.19. The molecule has 168 valence electrons. The molecule has 2 aliphatic heterocycles. The molecule has 2 heterocycles. The van der Waals surface area contributed by atoms with E-state index in [1.807, 2.05) is 13.8 Å². The van der Waals surface area contributed by atoms with E-state index in [9.17, 15) is 14.7 Å². The lowest BCUT2D eigenvalue weighted by Gasteiger charge is -2.26. The Balaban J connectivity index is 1.88. The summed E-state index contributed by atoms with van der Waals surface area (Å²) in [6.07, 6.45) is 0.648. The summed E-state index contributed by atoms with van der Waals surface area (Å²) in [6, 6.07) is 9.32. The molecule has 1 amide bonds. The van der Waals surface area contributed by atoms with E-state index in [0.717, 1.165) is 0 Å². The zero-order valence-corrected chi connectivity index (χ0v) is 18.6. The maximum atomic E-state index is 13.1. The summed E-state index contributed by atoms with van der Waals surface area (Å²) in [7, 11) is 0. The first kappa shape index (κ1) is 22.0. The highest BCUT2D eigenvalue weighted by Crippen LogP contribution is 2.43. The maximum absolute atomic E-state index is 13.1. The molecule has 7 nitrogen and oxygen atoms in total. The van der Waals surface area contributed by atoms with Crippen LogP contribution in [0.15, 0.2) is 42.0 Å². The van der Waals surface area contributed by atoms with Gasteiger partial charge < -0.3 is 24.2 Å². The number of rotatable bonds is 6. The van der Waals surface area contributed by atoms with E-state index < -0.39 is 17.7 Å². The average Bonchev–Trinajstić information content (AvgIpc) is 3.05. The third kappa shape index (κ3) is 3.88. The van der Waals surface area contributed by atoms with Gasteiger partial charge in [-0.05, 0) is 49.2 Å². The van der Waals surface area contributed by atoms with E-state index in [1.165, 1.54) is 4.90 Å². The topological polar surface area (TPSA) is 85.3 Å². The Labute approximate surface area is 191 Å². The van der Waals surface area contributed by atoms with Gasteiger partial charge in [0.05, 0.1) is 23.2 Å². The SMILES string of the molecule is CCCN1C(=O)C(=O)/C(=C(/O)c2cc(OCC)ccc2Cl)C1c1ccc2c(c1)OCCO2. The van der Waals surface area contributed by atoms with Crippen molar-refractivity contribution < 1.29 is 28.9 Å². The van der Waals surface area contributed by atoms with E-state index in [0.29, 0.717) is 55.6 Å². The van der Waals surface area contributed by atoms with Crippen molar-refractivity contribution in [1.82, 2.24) is 4.90 Å². The Morgan fingerprint density at radius 3 is 2.59 bits per heavy atom. The van der Waals surface area contributed by atoms with Gasteiger partial charge in [0.25, 0.3) is 11.7 Å². The molecule has 32 heavy (non-hydrogen) atoms. The van der Waals surface area contributed by atoms with Crippen molar-refractivity contribution in [2.45, 2.75) is 26.3 Å². The highest BCUT2D eigenvalue weighted by atomic mass is 35.5. The number of carbonyl (C=O) groups is 2. The molecule has 0 spiro atoms. The first-order chi connectivity index (χ1) is 15.5. The number of amides is 1. The number of nitrogens with zero attached hydrogens (tertiary/aromatic N) is 1. The fourth-order valence-electron chi connectivity index (χ4n) is 4.02. The van der Waals surface area contributed by atoms with E-state index >= 15 is 0 Å². The molecule has 0 radical (unpaired) electrons. The van der Waals surface area contributed by atoms with Crippen LogP contribution in [0.3, 0.4) is 0 Å². The van der Waals surface area contributed by atoms with Gasteiger partial charge in [0, 0.05) is 12.1 Å². The number of carbonyl (C=O) groups excluding carboxylic acids is 2. The standard InChI is InChI=1S/C24H24ClNO6/c1-3-9-26-21(14-5-8-18-19(12-14)32-11-10-31-18)20(23(28)24(26)29)22(27)16-13-15(30-4-2)6-7-17(16)25/h5-8,12-13,21,27H,3-4,9-11H2,1-2H3/b22-20+. The predicted octanol–water partition coefficient (Wildman–Crippen LogP) is 4.34. The van der Waals surface area contributed by atoms with Crippen LogP contribution < -0.4 is 14.2 Å². The minimum atomic E-state index is -0.780. The fourth-order valence-corrected chi connectivity index (χ4v) is 4.22. The van der Waals surface area contributed by atoms with Gasteiger partial charge in [-0.25, -0.2) is 0 Å². The molecule has 1 fully saturated rings. The number of likely N-dealkylation sites (tertiary alicyclic amines) is 1.